The summed E-state index contributed by atoms with van der Waals surface area (Å²) in [5, 5.41) is 3.05. The molecule has 0 spiro atoms. The normalized spacial score (nSPS) is 17.6. The Hall–Kier alpha value is -0.960. The summed E-state index contributed by atoms with van der Waals surface area (Å²) in [6.45, 7) is 3.35. The molecule has 0 saturated carbocycles. The second-order valence-corrected chi connectivity index (χ2v) is 6.91. The Morgan fingerprint density at radius 2 is 2.20 bits per heavy atom. The van der Waals surface area contributed by atoms with Gasteiger partial charge in [-0.25, -0.2) is 4.79 Å². The van der Waals surface area contributed by atoms with Crippen LogP contribution in [-0.4, -0.2) is 28.2 Å². The van der Waals surface area contributed by atoms with Gasteiger partial charge < -0.3 is 10.1 Å². The number of amides is 1. The van der Waals surface area contributed by atoms with E-state index in [4.69, 9.17) is 4.74 Å². The van der Waals surface area contributed by atoms with E-state index in [-0.39, 0.29) is 22.2 Å². The van der Waals surface area contributed by atoms with Gasteiger partial charge in [-0.1, -0.05) is 22.6 Å². The molecule has 20 heavy (non-hydrogen) atoms. The van der Waals surface area contributed by atoms with Crippen molar-refractivity contribution in [1.29, 1.82) is 0 Å². The van der Waals surface area contributed by atoms with Gasteiger partial charge in [-0.15, -0.1) is 11.3 Å². The molecule has 1 N–H and O–H groups in total. The quantitative estimate of drug-likeness (QED) is 0.475. The summed E-state index contributed by atoms with van der Waals surface area (Å²) < 4.78 is 4.97. The lowest BCUT2D eigenvalue weighted by Crippen LogP contribution is -2.22. The van der Waals surface area contributed by atoms with Crippen LogP contribution in [0, 0.1) is 0 Å². The molecule has 108 valence electrons. The summed E-state index contributed by atoms with van der Waals surface area (Å²) >= 11 is 3.28. The highest BCUT2D eigenvalue weighted by molar-refractivity contribution is 14.1. The predicted octanol–water partition coefficient (Wildman–Crippen LogP) is 2.82. The van der Waals surface area contributed by atoms with E-state index < -0.39 is 5.97 Å². The molecule has 0 bridgehead atoms. The largest absolute Gasteiger partial charge is 0.462 e. The van der Waals surface area contributed by atoms with Crippen LogP contribution in [0.4, 0.5) is 5.00 Å². The molecule has 0 fully saturated rings. The van der Waals surface area contributed by atoms with E-state index in [9.17, 15) is 14.4 Å². The van der Waals surface area contributed by atoms with Crippen molar-refractivity contribution >= 4 is 56.6 Å². The first-order chi connectivity index (χ1) is 9.45. The van der Waals surface area contributed by atoms with Crippen LogP contribution in [0.2, 0.25) is 0 Å². The molecule has 0 saturated heterocycles. The number of fused-ring (bicyclic) bond motifs is 1. The van der Waals surface area contributed by atoms with Gasteiger partial charge in [0.15, 0.2) is 5.78 Å². The molecule has 1 atom stereocenters. The molecule has 1 aromatic rings. The number of esters is 1. The molecule has 1 heterocycles. The lowest BCUT2D eigenvalue weighted by Gasteiger charge is -2.16. The fourth-order valence-corrected chi connectivity index (χ4v) is 4.23. The minimum Gasteiger partial charge on any atom is -0.462 e. The van der Waals surface area contributed by atoms with Crippen LogP contribution in [0.3, 0.4) is 0 Å². The Morgan fingerprint density at radius 3 is 2.80 bits per heavy atom. The molecule has 1 aliphatic carbocycles. The Balaban J connectivity index is 2.51. The highest BCUT2D eigenvalue weighted by Crippen LogP contribution is 2.40. The summed E-state index contributed by atoms with van der Waals surface area (Å²) in [4.78, 5) is 36.1. The fraction of sp³-hybridized carbons (Fsp3) is 0.462. The average molecular weight is 407 g/mol. The maximum Gasteiger partial charge on any atom is 0.341 e. The highest BCUT2D eigenvalue weighted by Gasteiger charge is 2.34. The summed E-state index contributed by atoms with van der Waals surface area (Å²) in [5.74, 6) is -0.722. The van der Waals surface area contributed by atoms with E-state index >= 15 is 0 Å². The average Bonchev–Trinajstić information content (AvgIpc) is 2.72. The number of nitrogens with one attached hydrogen (secondary N) is 1. The number of halogens is 1. The number of carbonyl (C=O) groups is 3. The molecule has 7 heteroatoms. The number of thiophene rings is 1. The number of rotatable bonds is 3. The molecule has 1 aromatic heterocycles. The van der Waals surface area contributed by atoms with Gasteiger partial charge in [0.1, 0.15) is 5.00 Å². The molecule has 0 aromatic carbocycles. The van der Waals surface area contributed by atoms with Gasteiger partial charge in [0.2, 0.25) is 5.91 Å². The summed E-state index contributed by atoms with van der Waals surface area (Å²) in [6, 6.07) is 0. The standard InChI is InChI=1S/C13H14INO4S/c1-3-19-13(18)9-7-4-5-8(14)10(17)11(7)20-12(9)15-6(2)16/h8H,3-5H2,1-2H3,(H,15,16)/t8-/m1/s1. The zero-order chi connectivity index (χ0) is 14.9. The Labute approximate surface area is 134 Å². The van der Waals surface area contributed by atoms with Gasteiger partial charge in [0, 0.05) is 6.92 Å². The minimum absolute atomic E-state index is 0.0269. The molecule has 2 rings (SSSR count). The summed E-state index contributed by atoms with van der Waals surface area (Å²) in [5.41, 5.74) is 1.06. The Kier molecular flexibility index (Phi) is 4.79. The van der Waals surface area contributed by atoms with E-state index in [1.165, 1.54) is 18.3 Å². The van der Waals surface area contributed by atoms with Crippen molar-refractivity contribution in [2.24, 2.45) is 0 Å². The Morgan fingerprint density at radius 1 is 1.50 bits per heavy atom. The van der Waals surface area contributed by atoms with Gasteiger partial charge in [-0.05, 0) is 25.3 Å². The third-order valence-corrected chi connectivity index (χ3v) is 5.28. The lowest BCUT2D eigenvalue weighted by molar-refractivity contribution is -0.114. The second kappa shape index (κ2) is 6.21. The van der Waals surface area contributed by atoms with Crippen LogP contribution >= 0.6 is 33.9 Å². The first kappa shape index (κ1) is 15.4. The number of alkyl halides is 1. The van der Waals surface area contributed by atoms with Gasteiger partial charge in [-0.3, -0.25) is 9.59 Å². The van der Waals surface area contributed by atoms with E-state index in [1.807, 2.05) is 0 Å². The van der Waals surface area contributed by atoms with Crippen LogP contribution in [0.25, 0.3) is 0 Å². The van der Waals surface area contributed by atoms with Crippen molar-refractivity contribution in [1.82, 2.24) is 0 Å². The summed E-state index contributed by atoms with van der Waals surface area (Å²) in [7, 11) is 0. The van der Waals surface area contributed by atoms with Crippen molar-refractivity contribution in [3.05, 3.63) is 16.0 Å². The zero-order valence-electron chi connectivity index (χ0n) is 11.1. The van der Waals surface area contributed by atoms with E-state index in [2.05, 4.69) is 27.9 Å². The van der Waals surface area contributed by atoms with E-state index in [1.54, 1.807) is 6.92 Å². The van der Waals surface area contributed by atoms with Gasteiger partial charge >= 0.3 is 5.97 Å². The number of Topliss-reactive ketones (excluding diaryl/α,β-unsaturated/α-hetero) is 1. The number of anilines is 1. The van der Waals surface area contributed by atoms with Crippen LogP contribution in [-0.2, 0) is 16.0 Å². The maximum absolute atomic E-state index is 12.2. The SMILES string of the molecule is CCOC(=O)c1c(NC(C)=O)sc2c1CC[C@@H](I)C2=O. The first-order valence-corrected chi connectivity index (χ1v) is 8.30. The maximum atomic E-state index is 12.2. The summed E-state index contributed by atoms with van der Waals surface area (Å²) in [6.07, 6.45) is 1.36. The van der Waals surface area contributed by atoms with Crippen molar-refractivity contribution in [3.63, 3.8) is 0 Å². The lowest BCUT2D eigenvalue weighted by atomic mass is 9.94. The molecule has 1 aliphatic rings. The molecule has 1 amide bonds. The fourth-order valence-electron chi connectivity index (χ4n) is 2.11. The first-order valence-electron chi connectivity index (χ1n) is 6.24. The van der Waals surface area contributed by atoms with Crippen LogP contribution in [0.1, 0.15) is 45.9 Å². The van der Waals surface area contributed by atoms with Gasteiger partial charge in [0.05, 0.1) is 21.0 Å². The molecular formula is C13H14INO4S. The molecular weight excluding hydrogens is 393 g/mol. The van der Waals surface area contributed by atoms with Crippen LogP contribution < -0.4 is 5.32 Å². The smallest absolute Gasteiger partial charge is 0.341 e. The van der Waals surface area contributed by atoms with Crippen LogP contribution in [0.15, 0.2) is 0 Å². The third kappa shape index (κ3) is 2.88. The predicted molar refractivity (Wildman–Crippen MR) is 85.0 cm³/mol. The van der Waals surface area contributed by atoms with E-state index in [0.717, 1.165) is 5.56 Å². The van der Waals surface area contributed by atoms with Crippen molar-refractivity contribution < 1.29 is 19.1 Å². The van der Waals surface area contributed by atoms with Crippen molar-refractivity contribution in [2.45, 2.75) is 30.6 Å². The highest BCUT2D eigenvalue weighted by atomic mass is 127. The molecule has 0 unspecified atom stereocenters. The van der Waals surface area contributed by atoms with Crippen molar-refractivity contribution in [3.8, 4) is 0 Å². The number of hydrogen-bond acceptors (Lipinski definition) is 5. The number of carbonyl (C=O) groups excluding carboxylic acids is 3. The number of ketones is 1. The molecule has 0 aliphatic heterocycles. The second-order valence-electron chi connectivity index (χ2n) is 4.39. The van der Waals surface area contributed by atoms with E-state index in [0.29, 0.717) is 28.3 Å². The Bertz CT molecular complexity index is 581. The third-order valence-electron chi connectivity index (χ3n) is 2.93. The van der Waals surface area contributed by atoms with Crippen LogP contribution in [0.5, 0.6) is 0 Å². The number of hydrogen-bond donors (Lipinski definition) is 1. The molecule has 0 radical (unpaired) electrons. The van der Waals surface area contributed by atoms with Gasteiger partial charge in [0.25, 0.3) is 0 Å². The zero-order valence-corrected chi connectivity index (χ0v) is 14.1. The van der Waals surface area contributed by atoms with Gasteiger partial charge in [-0.2, -0.15) is 0 Å². The molecule has 5 nitrogen and oxygen atoms in total. The number of ether oxygens (including phenoxy) is 1. The monoisotopic (exact) mass is 407 g/mol. The topological polar surface area (TPSA) is 72.5 Å². The van der Waals surface area contributed by atoms with Crippen molar-refractivity contribution in [2.75, 3.05) is 11.9 Å². The minimum atomic E-state index is -0.478.